The lowest BCUT2D eigenvalue weighted by Gasteiger charge is -2.27. The standard InChI is InChI=1S/C24H23NO/c1-24(2,3)21-13-18-12-17-10-11-25(4)15-20(17)23(19(18)14-22(21)26)16-8-6-5-7-9-16/h5-15H,1-4H3. The zero-order valence-electron chi connectivity index (χ0n) is 15.7. The first-order chi connectivity index (χ1) is 12.3. The van der Waals surface area contributed by atoms with Gasteiger partial charge in [0.2, 0.25) is 0 Å². The third kappa shape index (κ3) is 2.72. The van der Waals surface area contributed by atoms with Gasteiger partial charge >= 0.3 is 0 Å². The Balaban J connectivity index is 2.19. The Hall–Kier alpha value is -2.87. The van der Waals surface area contributed by atoms with Crippen LogP contribution in [0.2, 0.25) is 0 Å². The highest BCUT2D eigenvalue weighted by Crippen LogP contribution is 2.40. The molecule has 26 heavy (non-hydrogen) atoms. The van der Waals surface area contributed by atoms with Gasteiger partial charge in [0.25, 0.3) is 0 Å². The van der Waals surface area contributed by atoms with E-state index in [0.29, 0.717) is 0 Å². The summed E-state index contributed by atoms with van der Waals surface area (Å²) in [5.74, 6) is 0.113. The monoisotopic (exact) mass is 341 g/mol. The quantitative estimate of drug-likeness (QED) is 0.359. The third-order valence-electron chi connectivity index (χ3n) is 5.00. The molecule has 4 rings (SSSR count). The summed E-state index contributed by atoms with van der Waals surface area (Å²) in [5, 5.41) is 17.4. The van der Waals surface area contributed by atoms with E-state index in [0.717, 1.165) is 32.8 Å². The van der Waals surface area contributed by atoms with Crippen molar-refractivity contribution in [2.75, 3.05) is 0 Å². The van der Waals surface area contributed by atoms with Crippen LogP contribution in [0, 0.1) is 0 Å². The van der Waals surface area contributed by atoms with Crippen molar-refractivity contribution >= 4 is 21.5 Å². The van der Waals surface area contributed by atoms with Crippen LogP contribution in [0.25, 0.3) is 32.7 Å². The van der Waals surface area contributed by atoms with Crippen LogP contribution in [-0.2, 0) is 12.5 Å². The molecule has 0 unspecified atom stereocenters. The minimum Gasteiger partial charge on any atom is -0.872 e. The van der Waals surface area contributed by atoms with Gasteiger partial charge < -0.3 is 5.11 Å². The SMILES string of the molecule is C[n+]1ccc2cc3cc(C(C)(C)C)c([O-])cc3c(-c3ccccc3)c2c1. The molecule has 0 aliphatic heterocycles. The molecule has 0 bridgehead atoms. The number of aryl methyl sites for hydroxylation is 1. The molecule has 130 valence electrons. The molecule has 0 N–H and O–H groups in total. The second-order valence-corrected chi connectivity index (χ2v) is 8.05. The Bertz CT molecular complexity index is 1120. The van der Waals surface area contributed by atoms with Crippen LogP contribution < -0.4 is 9.67 Å². The van der Waals surface area contributed by atoms with Gasteiger partial charge in [-0.1, -0.05) is 63.2 Å². The number of hydrogen-bond donors (Lipinski definition) is 0. The minimum atomic E-state index is -0.170. The fourth-order valence-corrected chi connectivity index (χ4v) is 3.69. The summed E-state index contributed by atoms with van der Waals surface area (Å²) in [6.45, 7) is 6.28. The van der Waals surface area contributed by atoms with Crippen molar-refractivity contribution in [2.24, 2.45) is 7.05 Å². The predicted molar refractivity (Wildman–Crippen MR) is 106 cm³/mol. The molecule has 0 radical (unpaired) electrons. The summed E-state index contributed by atoms with van der Waals surface area (Å²) >= 11 is 0. The topological polar surface area (TPSA) is 26.9 Å². The summed E-state index contributed by atoms with van der Waals surface area (Å²) in [7, 11) is 2.03. The summed E-state index contributed by atoms with van der Waals surface area (Å²) in [6.07, 6.45) is 4.20. The van der Waals surface area contributed by atoms with Crippen molar-refractivity contribution in [2.45, 2.75) is 26.2 Å². The molecular formula is C24H23NO. The van der Waals surface area contributed by atoms with E-state index in [2.05, 4.69) is 68.1 Å². The lowest BCUT2D eigenvalue weighted by Crippen LogP contribution is -2.26. The number of hydrogen-bond acceptors (Lipinski definition) is 1. The highest BCUT2D eigenvalue weighted by molar-refractivity contribution is 6.12. The van der Waals surface area contributed by atoms with E-state index in [1.165, 1.54) is 5.39 Å². The maximum absolute atomic E-state index is 12.9. The van der Waals surface area contributed by atoms with E-state index in [1.54, 1.807) is 0 Å². The Morgan fingerprint density at radius 3 is 2.27 bits per heavy atom. The maximum atomic E-state index is 12.9. The van der Waals surface area contributed by atoms with Gasteiger partial charge in [0.15, 0.2) is 12.4 Å². The minimum absolute atomic E-state index is 0.113. The van der Waals surface area contributed by atoms with Crippen molar-refractivity contribution in [3.8, 4) is 16.9 Å². The van der Waals surface area contributed by atoms with Crippen LogP contribution in [0.3, 0.4) is 0 Å². The molecule has 0 saturated heterocycles. The Labute approximate surface area is 154 Å². The summed E-state index contributed by atoms with van der Waals surface area (Å²) in [4.78, 5) is 0. The van der Waals surface area contributed by atoms with Crippen molar-refractivity contribution < 1.29 is 9.67 Å². The molecule has 2 heteroatoms. The normalized spacial score (nSPS) is 12.0. The van der Waals surface area contributed by atoms with E-state index < -0.39 is 0 Å². The molecule has 2 nitrogen and oxygen atoms in total. The van der Waals surface area contributed by atoms with E-state index in [1.807, 2.05) is 31.3 Å². The molecular weight excluding hydrogens is 318 g/mol. The zero-order valence-corrected chi connectivity index (χ0v) is 15.7. The first kappa shape index (κ1) is 16.6. The van der Waals surface area contributed by atoms with Crippen molar-refractivity contribution in [1.82, 2.24) is 0 Å². The van der Waals surface area contributed by atoms with E-state index >= 15 is 0 Å². The van der Waals surface area contributed by atoms with E-state index in [9.17, 15) is 5.11 Å². The predicted octanol–water partition coefficient (Wildman–Crippen LogP) is 4.86. The molecule has 1 aromatic heterocycles. The second-order valence-electron chi connectivity index (χ2n) is 8.05. The van der Waals surface area contributed by atoms with Gasteiger partial charge in [-0.05, 0) is 38.8 Å². The van der Waals surface area contributed by atoms with Gasteiger partial charge in [-0.25, -0.2) is 4.57 Å². The van der Waals surface area contributed by atoms with Crippen molar-refractivity contribution in [3.63, 3.8) is 0 Å². The van der Waals surface area contributed by atoms with Crippen LogP contribution in [0.4, 0.5) is 0 Å². The van der Waals surface area contributed by atoms with Gasteiger partial charge in [0, 0.05) is 11.6 Å². The zero-order chi connectivity index (χ0) is 18.5. The Morgan fingerprint density at radius 2 is 1.58 bits per heavy atom. The molecule has 0 saturated carbocycles. The van der Waals surface area contributed by atoms with Crippen molar-refractivity contribution in [1.29, 1.82) is 0 Å². The van der Waals surface area contributed by atoms with E-state index in [4.69, 9.17) is 0 Å². The number of fused-ring (bicyclic) bond motifs is 2. The van der Waals surface area contributed by atoms with Crippen LogP contribution >= 0.6 is 0 Å². The Morgan fingerprint density at radius 1 is 0.846 bits per heavy atom. The molecule has 0 aliphatic rings. The molecule has 1 heterocycles. The Kier molecular flexibility index (Phi) is 3.73. The van der Waals surface area contributed by atoms with Gasteiger partial charge in [-0.3, -0.25) is 0 Å². The number of rotatable bonds is 1. The average molecular weight is 341 g/mol. The number of pyridine rings is 1. The van der Waals surface area contributed by atoms with E-state index in [-0.39, 0.29) is 11.2 Å². The number of benzene rings is 3. The largest absolute Gasteiger partial charge is 0.872 e. The van der Waals surface area contributed by atoms with Crippen LogP contribution in [0.1, 0.15) is 26.3 Å². The fourth-order valence-electron chi connectivity index (χ4n) is 3.69. The smallest absolute Gasteiger partial charge is 0.177 e. The molecule has 0 spiro atoms. The number of nitrogens with zero attached hydrogens (tertiary/aromatic N) is 1. The average Bonchev–Trinajstić information content (AvgIpc) is 2.59. The summed E-state index contributed by atoms with van der Waals surface area (Å²) in [6, 6.07) is 18.6. The molecule has 3 aromatic carbocycles. The van der Waals surface area contributed by atoms with Crippen molar-refractivity contribution in [3.05, 3.63) is 72.6 Å². The lowest BCUT2D eigenvalue weighted by molar-refractivity contribution is -0.670. The van der Waals surface area contributed by atoms with Crippen LogP contribution in [0.15, 0.2) is 67.0 Å². The highest BCUT2D eigenvalue weighted by Gasteiger charge is 2.18. The summed E-state index contributed by atoms with van der Waals surface area (Å²) in [5.41, 5.74) is 2.96. The third-order valence-corrected chi connectivity index (χ3v) is 5.00. The maximum Gasteiger partial charge on any atom is 0.177 e. The van der Waals surface area contributed by atoms with Crippen LogP contribution in [0.5, 0.6) is 5.75 Å². The molecule has 0 aliphatic carbocycles. The molecule has 4 aromatic rings. The van der Waals surface area contributed by atoms with Gasteiger partial charge in [-0.15, -0.1) is 5.75 Å². The molecule has 0 atom stereocenters. The second kappa shape index (κ2) is 5.84. The summed E-state index contributed by atoms with van der Waals surface area (Å²) < 4.78 is 2.06. The van der Waals surface area contributed by atoms with Gasteiger partial charge in [0.05, 0.1) is 5.39 Å². The first-order valence-corrected chi connectivity index (χ1v) is 8.97. The lowest BCUT2D eigenvalue weighted by atomic mass is 9.83. The highest BCUT2D eigenvalue weighted by atomic mass is 16.3. The first-order valence-electron chi connectivity index (χ1n) is 8.97. The van der Waals surface area contributed by atoms with Gasteiger partial charge in [0.1, 0.15) is 7.05 Å². The van der Waals surface area contributed by atoms with Crippen LogP contribution in [-0.4, -0.2) is 0 Å². The molecule has 0 fully saturated rings. The van der Waals surface area contributed by atoms with Gasteiger partial charge in [-0.2, -0.15) is 0 Å². The fraction of sp³-hybridized carbons (Fsp3) is 0.208. The number of aromatic nitrogens is 1. The molecule has 0 amide bonds.